The number of ether oxygens (including phenoxy) is 4. The van der Waals surface area contributed by atoms with Crippen molar-refractivity contribution in [2.45, 2.75) is 12.0 Å². The Morgan fingerprint density at radius 1 is 0.964 bits per heavy atom. The van der Waals surface area contributed by atoms with Crippen molar-refractivity contribution in [2.75, 3.05) is 34.5 Å². The summed E-state index contributed by atoms with van der Waals surface area (Å²) in [5.41, 5.74) is 2.32. The van der Waals surface area contributed by atoms with Crippen molar-refractivity contribution in [3.05, 3.63) is 47.0 Å². The molecule has 0 spiro atoms. The van der Waals surface area contributed by atoms with Crippen LogP contribution >= 0.6 is 0 Å². The number of rotatable bonds is 7. The summed E-state index contributed by atoms with van der Waals surface area (Å²) in [6.07, 6.45) is 2.88. The third kappa shape index (κ3) is 3.46. The molecule has 1 aliphatic heterocycles. The Morgan fingerprint density at radius 2 is 1.61 bits per heavy atom. The summed E-state index contributed by atoms with van der Waals surface area (Å²) in [4.78, 5) is 0. The largest absolute Gasteiger partial charge is 0.502 e. The molecule has 2 aromatic carbocycles. The Morgan fingerprint density at radius 3 is 2.14 bits per heavy atom. The van der Waals surface area contributed by atoms with Crippen molar-refractivity contribution in [1.82, 2.24) is 0 Å². The van der Waals surface area contributed by atoms with Crippen molar-refractivity contribution >= 4 is 6.08 Å². The average Bonchev–Trinajstić information content (AvgIpc) is 3.10. The highest BCUT2D eigenvalue weighted by molar-refractivity contribution is 5.63. The molecule has 0 aliphatic carbocycles. The van der Waals surface area contributed by atoms with Crippen LogP contribution in [0.3, 0.4) is 0 Å². The van der Waals surface area contributed by atoms with E-state index in [1.54, 1.807) is 37.5 Å². The summed E-state index contributed by atoms with van der Waals surface area (Å²) in [7, 11) is 4.45. The molecule has 0 radical (unpaired) electrons. The maximum Gasteiger partial charge on any atom is 0.200 e. The van der Waals surface area contributed by atoms with Crippen LogP contribution in [0.15, 0.2) is 30.3 Å². The molecular formula is C21H24O7. The zero-order chi connectivity index (χ0) is 20.3. The van der Waals surface area contributed by atoms with Crippen LogP contribution in [0.25, 0.3) is 6.08 Å². The Labute approximate surface area is 163 Å². The van der Waals surface area contributed by atoms with E-state index in [1.165, 1.54) is 14.2 Å². The van der Waals surface area contributed by atoms with Gasteiger partial charge in [0.1, 0.15) is 6.10 Å². The highest BCUT2D eigenvalue weighted by Crippen LogP contribution is 2.52. The van der Waals surface area contributed by atoms with Gasteiger partial charge in [0.2, 0.25) is 5.75 Å². The minimum Gasteiger partial charge on any atom is -0.502 e. The quantitative estimate of drug-likeness (QED) is 0.671. The lowest BCUT2D eigenvalue weighted by Crippen LogP contribution is -2.13. The molecule has 150 valence electrons. The number of phenolic OH excluding ortho intramolecular Hbond substituents is 1. The van der Waals surface area contributed by atoms with Gasteiger partial charge in [-0.2, -0.15) is 0 Å². The van der Waals surface area contributed by atoms with Gasteiger partial charge in [0.25, 0.3) is 0 Å². The van der Waals surface area contributed by atoms with E-state index in [0.717, 1.165) is 11.1 Å². The van der Waals surface area contributed by atoms with Gasteiger partial charge in [-0.15, -0.1) is 0 Å². The van der Waals surface area contributed by atoms with E-state index in [0.29, 0.717) is 17.1 Å². The second-order valence-electron chi connectivity index (χ2n) is 6.33. The summed E-state index contributed by atoms with van der Waals surface area (Å²) in [5.74, 6) is 1.14. The third-order valence-corrected chi connectivity index (χ3v) is 4.78. The van der Waals surface area contributed by atoms with Crippen LogP contribution in [-0.2, 0) is 0 Å². The predicted octanol–water partition coefficient (Wildman–Crippen LogP) is 2.63. The van der Waals surface area contributed by atoms with Crippen LogP contribution in [-0.4, -0.2) is 49.9 Å². The predicted molar refractivity (Wildman–Crippen MR) is 104 cm³/mol. The molecule has 3 rings (SSSR count). The van der Waals surface area contributed by atoms with Crippen molar-refractivity contribution in [1.29, 1.82) is 0 Å². The van der Waals surface area contributed by atoms with Crippen LogP contribution in [0.2, 0.25) is 0 Å². The fourth-order valence-corrected chi connectivity index (χ4v) is 3.43. The molecule has 2 atom stereocenters. The number of hydrogen-bond donors (Lipinski definition) is 3. The van der Waals surface area contributed by atoms with Gasteiger partial charge in [0, 0.05) is 11.1 Å². The number of benzene rings is 2. The fourth-order valence-electron chi connectivity index (χ4n) is 3.43. The maximum absolute atomic E-state index is 10.2. The summed E-state index contributed by atoms with van der Waals surface area (Å²) in [5, 5.41) is 29.3. The van der Waals surface area contributed by atoms with E-state index in [1.807, 2.05) is 6.07 Å². The number of aromatic hydroxyl groups is 1. The summed E-state index contributed by atoms with van der Waals surface area (Å²) in [6, 6.07) is 7.03. The van der Waals surface area contributed by atoms with Gasteiger partial charge in [-0.25, -0.2) is 0 Å². The number of phenols is 1. The normalized spacial score (nSPS) is 18.0. The first-order chi connectivity index (χ1) is 13.6. The SMILES string of the molecule is COc1cc([C@@H]2Oc3c(OC)cc(/C=C/CO)cc3[C@@H]2CO)cc(OC)c1O. The molecule has 28 heavy (non-hydrogen) atoms. The number of fused-ring (bicyclic) bond motifs is 1. The summed E-state index contributed by atoms with van der Waals surface area (Å²) >= 11 is 0. The summed E-state index contributed by atoms with van der Waals surface area (Å²) in [6.45, 7) is -0.228. The van der Waals surface area contributed by atoms with Gasteiger partial charge in [-0.3, -0.25) is 0 Å². The van der Waals surface area contributed by atoms with Crippen LogP contribution in [0.1, 0.15) is 28.7 Å². The van der Waals surface area contributed by atoms with Crippen LogP contribution in [0, 0.1) is 0 Å². The van der Waals surface area contributed by atoms with E-state index in [9.17, 15) is 10.2 Å². The van der Waals surface area contributed by atoms with Crippen LogP contribution in [0.5, 0.6) is 28.7 Å². The molecule has 0 bridgehead atoms. The van der Waals surface area contributed by atoms with E-state index in [2.05, 4.69) is 0 Å². The molecular weight excluding hydrogens is 364 g/mol. The molecule has 0 fully saturated rings. The Balaban J connectivity index is 2.09. The minimum absolute atomic E-state index is 0.0744. The van der Waals surface area contributed by atoms with Gasteiger partial charge in [-0.1, -0.05) is 12.2 Å². The van der Waals surface area contributed by atoms with Gasteiger partial charge >= 0.3 is 0 Å². The van der Waals surface area contributed by atoms with E-state index < -0.39 is 6.10 Å². The highest BCUT2D eigenvalue weighted by Gasteiger charge is 2.38. The number of aliphatic hydroxyl groups excluding tert-OH is 2. The van der Waals surface area contributed by atoms with E-state index in [4.69, 9.17) is 24.1 Å². The molecule has 0 saturated heterocycles. The van der Waals surface area contributed by atoms with E-state index >= 15 is 0 Å². The average molecular weight is 388 g/mol. The lowest BCUT2D eigenvalue weighted by atomic mass is 9.90. The van der Waals surface area contributed by atoms with Gasteiger partial charge < -0.3 is 34.3 Å². The highest BCUT2D eigenvalue weighted by atomic mass is 16.5. The molecule has 7 heteroatoms. The molecule has 0 unspecified atom stereocenters. The first kappa shape index (κ1) is 19.9. The van der Waals surface area contributed by atoms with Crippen molar-refractivity contribution in [3.8, 4) is 28.7 Å². The van der Waals surface area contributed by atoms with Crippen molar-refractivity contribution in [2.24, 2.45) is 0 Å². The number of aliphatic hydroxyl groups is 2. The van der Waals surface area contributed by atoms with Gasteiger partial charge in [0.15, 0.2) is 23.0 Å². The van der Waals surface area contributed by atoms with Gasteiger partial charge in [-0.05, 0) is 29.8 Å². The molecule has 3 N–H and O–H groups in total. The molecule has 0 saturated carbocycles. The minimum atomic E-state index is -0.519. The Kier molecular flexibility index (Phi) is 5.96. The monoisotopic (exact) mass is 388 g/mol. The Hall–Kier alpha value is -2.90. The molecule has 0 amide bonds. The summed E-state index contributed by atoms with van der Waals surface area (Å²) < 4.78 is 22.1. The lowest BCUT2D eigenvalue weighted by molar-refractivity contribution is 0.156. The molecule has 2 aromatic rings. The first-order valence-corrected chi connectivity index (χ1v) is 8.79. The van der Waals surface area contributed by atoms with Crippen LogP contribution < -0.4 is 18.9 Å². The standard InChI is InChI=1S/C21H24O7/c1-25-16-9-13(10-17(26-2)19(16)24)20-15(11-23)14-7-12(5-4-6-22)8-18(27-3)21(14)28-20/h4-5,7-10,15,20,22-24H,6,11H2,1-3H3/b5-4+/t15-,20-/m0/s1. The molecule has 1 aliphatic rings. The lowest BCUT2D eigenvalue weighted by Gasteiger charge is -2.20. The molecule has 7 nitrogen and oxygen atoms in total. The second kappa shape index (κ2) is 8.41. The third-order valence-electron chi connectivity index (χ3n) is 4.78. The van der Waals surface area contributed by atoms with Crippen molar-refractivity contribution in [3.63, 3.8) is 0 Å². The second-order valence-corrected chi connectivity index (χ2v) is 6.33. The number of hydrogen-bond acceptors (Lipinski definition) is 7. The zero-order valence-corrected chi connectivity index (χ0v) is 16.0. The van der Waals surface area contributed by atoms with E-state index in [-0.39, 0.29) is 36.4 Å². The van der Waals surface area contributed by atoms with Crippen molar-refractivity contribution < 1.29 is 34.3 Å². The zero-order valence-electron chi connectivity index (χ0n) is 16.0. The maximum atomic E-state index is 10.2. The number of methoxy groups -OCH3 is 3. The fraction of sp³-hybridized carbons (Fsp3) is 0.333. The Bertz CT molecular complexity index is 850. The van der Waals surface area contributed by atoms with Crippen LogP contribution in [0.4, 0.5) is 0 Å². The topological polar surface area (TPSA) is 97.6 Å². The molecule has 1 heterocycles. The first-order valence-electron chi connectivity index (χ1n) is 8.79. The van der Waals surface area contributed by atoms with Gasteiger partial charge in [0.05, 0.1) is 40.5 Å². The smallest absolute Gasteiger partial charge is 0.200 e. The molecule has 0 aromatic heterocycles.